The van der Waals surface area contributed by atoms with Gasteiger partial charge in [-0.25, -0.2) is 0 Å². The average Bonchev–Trinajstić information content (AvgIpc) is 2.25. The van der Waals surface area contributed by atoms with Crippen molar-refractivity contribution in [1.29, 1.82) is 0 Å². The lowest BCUT2D eigenvalue weighted by molar-refractivity contribution is -0.121. The second kappa shape index (κ2) is 6.40. The summed E-state index contributed by atoms with van der Waals surface area (Å²) in [5.74, 6) is 0.778. The number of benzene rings is 1. The van der Waals surface area contributed by atoms with Crippen LogP contribution in [-0.4, -0.2) is 19.1 Å². The van der Waals surface area contributed by atoms with E-state index in [1.54, 1.807) is 7.11 Å². The fourth-order valence-electron chi connectivity index (χ4n) is 1.92. The molecule has 4 heteroatoms. The smallest absolute Gasteiger partial charge is 0.221 e. The number of carbonyl (C=O) groups is 1. The lowest BCUT2D eigenvalue weighted by Crippen LogP contribution is -2.29. The number of amides is 1. The van der Waals surface area contributed by atoms with Crippen LogP contribution in [0.4, 0.5) is 0 Å². The first-order chi connectivity index (χ1) is 8.43. The van der Waals surface area contributed by atoms with E-state index in [1.165, 1.54) is 0 Å². The molecule has 0 bridgehead atoms. The van der Waals surface area contributed by atoms with Gasteiger partial charge >= 0.3 is 0 Å². The van der Waals surface area contributed by atoms with Crippen molar-refractivity contribution in [3.63, 3.8) is 0 Å². The molecule has 0 aliphatic carbocycles. The largest absolute Gasteiger partial charge is 0.496 e. The maximum Gasteiger partial charge on any atom is 0.221 e. The van der Waals surface area contributed by atoms with Crippen molar-refractivity contribution in [2.45, 2.75) is 39.8 Å². The molecule has 1 aromatic carbocycles. The van der Waals surface area contributed by atoms with Crippen LogP contribution in [0.5, 0.6) is 5.75 Å². The van der Waals surface area contributed by atoms with Crippen LogP contribution < -0.4 is 15.8 Å². The van der Waals surface area contributed by atoms with E-state index in [1.807, 2.05) is 26.8 Å². The number of hydrogen-bond donors (Lipinski definition) is 2. The second-order valence-corrected chi connectivity index (χ2v) is 4.72. The van der Waals surface area contributed by atoms with Gasteiger partial charge in [-0.15, -0.1) is 0 Å². The minimum atomic E-state index is -0.119. The summed E-state index contributed by atoms with van der Waals surface area (Å²) in [4.78, 5) is 11.6. The van der Waals surface area contributed by atoms with E-state index in [0.29, 0.717) is 13.0 Å². The van der Waals surface area contributed by atoms with Gasteiger partial charge in [0.15, 0.2) is 0 Å². The molecule has 100 valence electrons. The molecule has 0 aliphatic rings. The predicted octanol–water partition coefficient (Wildman–Crippen LogP) is 1.67. The van der Waals surface area contributed by atoms with Crippen molar-refractivity contribution in [3.05, 3.63) is 28.8 Å². The molecule has 0 aromatic heterocycles. The van der Waals surface area contributed by atoms with Crippen LogP contribution in [0.3, 0.4) is 0 Å². The Labute approximate surface area is 109 Å². The fourth-order valence-corrected chi connectivity index (χ4v) is 1.92. The number of aryl methyl sites for hydroxylation is 2. The monoisotopic (exact) mass is 250 g/mol. The molecule has 0 fully saturated rings. The Hall–Kier alpha value is -1.55. The highest BCUT2D eigenvalue weighted by atomic mass is 16.5. The average molecular weight is 250 g/mol. The van der Waals surface area contributed by atoms with Gasteiger partial charge < -0.3 is 15.8 Å². The molecule has 0 saturated carbocycles. The highest BCUT2D eigenvalue weighted by Crippen LogP contribution is 2.23. The first-order valence-corrected chi connectivity index (χ1v) is 6.10. The summed E-state index contributed by atoms with van der Waals surface area (Å²) < 4.78 is 5.34. The van der Waals surface area contributed by atoms with Gasteiger partial charge in [0.2, 0.25) is 5.91 Å². The van der Waals surface area contributed by atoms with E-state index in [9.17, 15) is 4.79 Å². The maximum absolute atomic E-state index is 11.6. The molecule has 18 heavy (non-hydrogen) atoms. The number of carbonyl (C=O) groups excluding carboxylic acids is 1. The van der Waals surface area contributed by atoms with Crippen LogP contribution in [0.2, 0.25) is 0 Å². The van der Waals surface area contributed by atoms with Gasteiger partial charge in [-0.3, -0.25) is 4.79 Å². The molecule has 1 rings (SSSR count). The minimum Gasteiger partial charge on any atom is -0.496 e. The lowest BCUT2D eigenvalue weighted by Gasteiger charge is -2.14. The van der Waals surface area contributed by atoms with Crippen LogP contribution in [0, 0.1) is 13.8 Å². The van der Waals surface area contributed by atoms with E-state index in [2.05, 4.69) is 11.4 Å². The Morgan fingerprint density at radius 1 is 1.44 bits per heavy atom. The van der Waals surface area contributed by atoms with Crippen molar-refractivity contribution < 1.29 is 9.53 Å². The Bertz CT molecular complexity index is 428. The molecular formula is C14H22N2O2. The summed E-state index contributed by atoms with van der Waals surface area (Å²) >= 11 is 0. The quantitative estimate of drug-likeness (QED) is 0.835. The molecule has 4 nitrogen and oxygen atoms in total. The van der Waals surface area contributed by atoms with Crippen LogP contribution in [-0.2, 0) is 11.3 Å². The van der Waals surface area contributed by atoms with Crippen LogP contribution in [0.25, 0.3) is 0 Å². The number of ether oxygens (including phenoxy) is 1. The van der Waals surface area contributed by atoms with Gasteiger partial charge in [0.1, 0.15) is 5.75 Å². The third-order valence-electron chi connectivity index (χ3n) is 2.77. The zero-order valence-corrected chi connectivity index (χ0v) is 11.5. The number of nitrogens with two attached hydrogens (primary N) is 1. The van der Waals surface area contributed by atoms with Crippen molar-refractivity contribution in [2.24, 2.45) is 5.73 Å². The summed E-state index contributed by atoms with van der Waals surface area (Å²) in [7, 11) is 1.64. The topological polar surface area (TPSA) is 64.3 Å². The maximum atomic E-state index is 11.6. The SMILES string of the molecule is COc1cc(C)cc(C)c1CNC(=O)CC(C)N. The zero-order valence-electron chi connectivity index (χ0n) is 11.5. The summed E-state index contributed by atoms with van der Waals surface area (Å²) in [6, 6.07) is 3.93. The molecular weight excluding hydrogens is 228 g/mol. The number of nitrogens with one attached hydrogen (secondary N) is 1. The Morgan fingerprint density at radius 3 is 2.67 bits per heavy atom. The van der Waals surface area contributed by atoms with Crippen LogP contribution >= 0.6 is 0 Å². The molecule has 3 N–H and O–H groups in total. The third-order valence-corrected chi connectivity index (χ3v) is 2.77. The van der Waals surface area contributed by atoms with Crippen LogP contribution in [0.1, 0.15) is 30.0 Å². The summed E-state index contributed by atoms with van der Waals surface area (Å²) in [5.41, 5.74) is 8.86. The van der Waals surface area contributed by atoms with Crippen molar-refractivity contribution >= 4 is 5.91 Å². The van der Waals surface area contributed by atoms with Crippen LogP contribution in [0.15, 0.2) is 12.1 Å². The van der Waals surface area contributed by atoms with Crippen molar-refractivity contribution in [1.82, 2.24) is 5.32 Å². The molecule has 1 amide bonds. The summed E-state index contributed by atoms with van der Waals surface area (Å²) in [5, 5.41) is 2.87. The summed E-state index contributed by atoms with van der Waals surface area (Å²) in [6.45, 7) is 6.33. The molecule has 1 unspecified atom stereocenters. The van der Waals surface area contributed by atoms with Gasteiger partial charge in [-0.2, -0.15) is 0 Å². The van der Waals surface area contributed by atoms with Crippen molar-refractivity contribution in [2.75, 3.05) is 7.11 Å². The third kappa shape index (κ3) is 4.04. The van der Waals surface area contributed by atoms with Gasteiger partial charge in [-0.05, 0) is 38.0 Å². The molecule has 0 spiro atoms. The number of methoxy groups -OCH3 is 1. The minimum absolute atomic E-state index is 0.0352. The molecule has 1 atom stereocenters. The second-order valence-electron chi connectivity index (χ2n) is 4.72. The number of rotatable bonds is 5. The Balaban J connectivity index is 2.75. The van der Waals surface area contributed by atoms with E-state index in [-0.39, 0.29) is 11.9 Å². The standard InChI is InChI=1S/C14H22N2O2/c1-9-5-10(2)12(13(6-9)18-4)8-16-14(17)7-11(3)15/h5-6,11H,7-8,15H2,1-4H3,(H,16,17). The van der Waals surface area contributed by atoms with E-state index < -0.39 is 0 Å². The van der Waals surface area contributed by atoms with Gasteiger partial charge in [0, 0.05) is 24.6 Å². The Kier molecular flexibility index (Phi) is 5.16. The van der Waals surface area contributed by atoms with Gasteiger partial charge in [0.05, 0.1) is 7.11 Å². The molecule has 0 heterocycles. The van der Waals surface area contributed by atoms with Gasteiger partial charge in [0.25, 0.3) is 0 Å². The lowest BCUT2D eigenvalue weighted by atomic mass is 10.0. The highest BCUT2D eigenvalue weighted by Gasteiger charge is 2.10. The summed E-state index contributed by atoms with van der Waals surface area (Å²) in [6.07, 6.45) is 0.341. The van der Waals surface area contributed by atoms with E-state index >= 15 is 0 Å². The normalized spacial score (nSPS) is 12.1. The predicted molar refractivity (Wildman–Crippen MR) is 72.6 cm³/mol. The highest BCUT2D eigenvalue weighted by molar-refractivity contribution is 5.76. The van der Waals surface area contributed by atoms with Gasteiger partial charge in [-0.1, -0.05) is 6.07 Å². The van der Waals surface area contributed by atoms with E-state index in [4.69, 9.17) is 10.5 Å². The molecule has 0 radical (unpaired) electrons. The molecule has 0 saturated heterocycles. The Morgan fingerprint density at radius 2 is 2.11 bits per heavy atom. The first-order valence-electron chi connectivity index (χ1n) is 6.10. The van der Waals surface area contributed by atoms with Crippen molar-refractivity contribution in [3.8, 4) is 5.75 Å². The zero-order chi connectivity index (χ0) is 13.7. The molecule has 0 aliphatic heterocycles. The molecule has 1 aromatic rings. The number of hydrogen-bond acceptors (Lipinski definition) is 3. The first kappa shape index (κ1) is 14.5. The fraction of sp³-hybridized carbons (Fsp3) is 0.500. The van der Waals surface area contributed by atoms with E-state index in [0.717, 1.165) is 22.4 Å².